The third kappa shape index (κ3) is 3.80. The molecule has 0 unspecified atom stereocenters. The maximum atomic E-state index is 12.9. The van der Waals surface area contributed by atoms with Crippen LogP contribution in [0.1, 0.15) is 27.0 Å². The van der Waals surface area contributed by atoms with Gasteiger partial charge in [0.25, 0.3) is 5.91 Å². The fourth-order valence-corrected chi connectivity index (χ4v) is 3.29. The molecular weight excluding hydrogens is 322 g/mol. The molecular formula is C20H22ClNO2. The molecule has 1 atom stereocenters. The van der Waals surface area contributed by atoms with Gasteiger partial charge in [0.15, 0.2) is 0 Å². The highest BCUT2D eigenvalue weighted by atomic mass is 35.5. The number of aryl methyl sites for hydroxylation is 2. The Morgan fingerprint density at radius 2 is 2.04 bits per heavy atom. The SMILES string of the molecule is Cc1ccc(C)c(C(=O)N2CCO[C@H](Cc3ccccc3Cl)C2)c1. The Labute approximate surface area is 148 Å². The van der Waals surface area contributed by atoms with Crippen molar-refractivity contribution in [3.8, 4) is 0 Å². The number of hydrogen-bond donors (Lipinski definition) is 0. The first kappa shape index (κ1) is 17.0. The van der Waals surface area contributed by atoms with Crippen LogP contribution in [0.25, 0.3) is 0 Å². The second kappa shape index (κ2) is 7.37. The summed E-state index contributed by atoms with van der Waals surface area (Å²) in [4.78, 5) is 14.8. The zero-order chi connectivity index (χ0) is 17.1. The lowest BCUT2D eigenvalue weighted by atomic mass is 10.0. The molecule has 0 spiro atoms. The van der Waals surface area contributed by atoms with Crippen LogP contribution in [0.2, 0.25) is 5.02 Å². The van der Waals surface area contributed by atoms with Crippen LogP contribution in [-0.2, 0) is 11.2 Å². The second-order valence-corrected chi connectivity index (χ2v) is 6.77. The van der Waals surface area contributed by atoms with E-state index in [1.54, 1.807) is 0 Å². The predicted molar refractivity (Wildman–Crippen MR) is 96.7 cm³/mol. The Hall–Kier alpha value is -1.84. The third-order valence-corrected chi connectivity index (χ3v) is 4.82. The Bertz CT molecular complexity index is 744. The van der Waals surface area contributed by atoms with Gasteiger partial charge in [-0.05, 0) is 37.1 Å². The molecule has 1 heterocycles. The summed E-state index contributed by atoms with van der Waals surface area (Å²) in [6.45, 7) is 5.78. The largest absolute Gasteiger partial charge is 0.374 e. The van der Waals surface area contributed by atoms with E-state index in [4.69, 9.17) is 16.3 Å². The van der Waals surface area contributed by atoms with Gasteiger partial charge in [-0.25, -0.2) is 0 Å². The number of rotatable bonds is 3. The molecule has 0 radical (unpaired) electrons. The van der Waals surface area contributed by atoms with Gasteiger partial charge in [-0.1, -0.05) is 47.5 Å². The number of halogens is 1. The lowest BCUT2D eigenvalue weighted by Crippen LogP contribution is -2.46. The molecule has 3 nitrogen and oxygen atoms in total. The molecule has 0 bridgehead atoms. The highest BCUT2D eigenvalue weighted by Crippen LogP contribution is 2.21. The summed E-state index contributed by atoms with van der Waals surface area (Å²) in [5.41, 5.74) is 3.96. The van der Waals surface area contributed by atoms with Crippen LogP contribution >= 0.6 is 11.6 Å². The van der Waals surface area contributed by atoms with E-state index in [9.17, 15) is 4.79 Å². The molecule has 0 aromatic heterocycles. The predicted octanol–water partition coefficient (Wildman–Crippen LogP) is 4.04. The maximum Gasteiger partial charge on any atom is 0.254 e. The molecule has 2 aromatic rings. The topological polar surface area (TPSA) is 29.5 Å². The molecule has 1 fully saturated rings. The number of carbonyl (C=O) groups is 1. The fourth-order valence-electron chi connectivity index (χ4n) is 3.07. The van der Waals surface area contributed by atoms with Crippen LogP contribution in [-0.4, -0.2) is 36.6 Å². The molecule has 1 saturated heterocycles. The number of benzene rings is 2. The van der Waals surface area contributed by atoms with Crippen LogP contribution in [0.5, 0.6) is 0 Å². The first-order chi connectivity index (χ1) is 11.5. The van der Waals surface area contributed by atoms with Crippen LogP contribution in [0.15, 0.2) is 42.5 Å². The average Bonchev–Trinajstić information content (AvgIpc) is 2.59. The van der Waals surface area contributed by atoms with E-state index < -0.39 is 0 Å². The minimum atomic E-state index is -0.0206. The van der Waals surface area contributed by atoms with E-state index in [2.05, 4.69) is 0 Å². The standard InChI is InChI=1S/C20H22ClNO2/c1-14-7-8-15(2)18(11-14)20(23)22-9-10-24-17(13-22)12-16-5-3-4-6-19(16)21/h3-8,11,17H,9-10,12-13H2,1-2H3/t17-/m1/s1. The molecule has 1 amide bonds. The number of morpholine rings is 1. The molecule has 3 rings (SSSR count). The number of hydrogen-bond acceptors (Lipinski definition) is 2. The lowest BCUT2D eigenvalue weighted by Gasteiger charge is -2.33. The lowest BCUT2D eigenvalue weighted by molar-refractivity contribution is -0.0208. The zero-order valence-electron chi connectivity index (χ0n) is 14.1. The Morgan fingerprint density at radius 1 is 1.25 bits per heavy atom. The average molecular weight is 344 g/mol. The van der Waals surface area contributed by atoms with E-state index in [1.165, 1.54) is 0 Å². The molecule has 0 N–H and O–H groups in total. The quantitative estimate of drug-likeness (QED) is 0.841. The Morgan fingerprint density at radius 3 is 2.83 bits per heavy atom. The summed E-state index contributed by atoms with van der Waals surface area (Å²) < 4.78 is 5.85. The minimum absolute atomic E-state index is 0.0206. The van der Waals surface area contributed by atoms with E-state index in [0.29, 0.717) is 19.7 Å². The van der Waals surface area contributed by atoms with Gasteiger partial charge < -0.3 is 9.64 Å². The first-order valence-electron chi connectivity index (χ1n) is 8.26. The van der Waals surface area contributed by atoms with Gasteiger partial charge >= 0.3 is 0 Å². The molecule has 4 heteroatoms. The van der Waals surface area contributed by atoms with Crippen LogP contribution < -0.4 is 0 Å². The molecule has 24 heavy (non-hydrogen) atoms. The van der Waals surface area contributed by atoms with Gasteiger partial charge in [-0.3, -0.25) is 4.79 Å². The van der Waals surface area contributed by atoms with Crippen molar-refractivity contribution in [2.24, 2.45) is 0 Å². The van der Waals surface area contributed by atoms with Crippen molar-refractivity contribution >= 4 is 17.5 Å². The number of ether oxygens (including phenoxy) is 1. The van der Waals surface area contributed by atoms with Crippen molar-refractivity contribution < 1.29 is 9.53 Å². The smallest absolute Gasteiger partial charge is 0.254 e. The summed E-state index contributed by atoms with van der Waals surface area (Å²) in [7, 11) is 0. The van der Waals surface area contributed by atoms with E-state index >= 15 is 0 Å². The van der Waals surface area contributed by atoms with Gasteiger partial charge in [0.2, 0.25) is 0 Å². The number of amides is 1. The molecule has 1 aliphatic heterocycles. The maximum absolute atomic E-state index is 12.9. The summed E-state index contributed by atoms with van der Waals surface area (Å²) in [6.07, 6.45) is 0.698. The van der Waals surface area contributed by atoms with Crippen molar-refractivity contribution in [3.63, 3.8) is 0 Å². The van der Waals surface area contributed by atoms with Crippen LogP contribution in [0, 0.1) is 13.8 Å². The van der Waals surface area contributed by atoms with Gasteiger partial charge in [-0.15, -0.1) is 0 Å². The summed E-state index contributed by atoms with van der Waals surface area (Å²) in [5, 5.41) is 0.749. The summed E-state index contributed by atoms with van der Waals surface area (Å²) in [6, 6.07) is 13.8. The summed E-state index contributed by atoms with van der Waals surface area (Å²) >= 11 is 6.24. The normalized spacial score (nSPS) is 17.8. The van der Waals surface area contributed by atoms with E-state index in [-0.39, 0.29) is 12.0 Å². The van der Waals surface area contributed by atoms with Crippen molar-refractivity contribution in [3.05, 3.63) is 69.7 Å². The van der Waals surface area contributed by atoms with Crippen LogP contribution in [0.4, 0.5) is 0 Å². The third-order valence-electron chi connectivity index (χ3n) is 4.45. The van der Waals surface area contributed by atoms with Crippen molar-refractivity contribution in [2.45, 2.75) is 26.4 Å². The molecule has 0 aliphatic carbocycles. The van der Waals surface area contributed by atoms with Gasteiger partial charge in [0.1, 0.15) is 0 Å². The molecule has 2 aromatic carbocycles. The van der Waals surface area contributed by atoms with Crippen molar-refractivity contribution in [1.82, 2.24) is 4.90 Å². The molecule has 126 valence electrons. The number of carbonyl (C=O) groups excluding carboxylic acids is 1. The van der Waals surface area contributed by atoms with Gasteiger partial charge in [0.05, 0.1) is 12.7 Å². The molecule has 0 saturated carbocycles. The van der Waals surface area contributed by atoms with Crippen molar-refractivity contribution in [2.75, 3.05) is 19.7 Å². The highest BCUT2D eigenvalue weighted by molar-refractivity contribution is 6.31. The Balaban J connectivity index is 1.72. The monoisotopic (exact) mass is 343 g/mol. The Kier molecular flexibility index (Phi) is 5.22. The van der Waals surface area contributed by atoms with E-state index in [1.807, 2.05) is 61.2 Å². The van der Waals surface area contributed by atoms with E-state index in [0.717, 1.165) is 33.7 Å². The van der Waals surface area contributed by atoms with Gasteiger partial charge in [0, 0.05) is 30.1 Å². The first-order valence-corrected chi connectivity index (χ1v) is 8.64. The zero-order valence-corrected chi connectivity index (χ0v) is 14.8. The van der Waals surface area contributed by atoms with Gasteiger partial charge in [-0.2, -0.15) is 0 Å². The minimum Gasteiger partial charge on any atom is -0.374 e. The molecule has 1 aliphatic rings. The fraction of sp³-hybridized carbons (Fsp3) is 0.350. The summed E-state index contributed by atoms with van der Waals surface area (Å²) in [5.74, 6) is 0.0867. The van der Waals surface area contributed by atoms with Crippen molar-refractivity contribution in [1.29, 1.82) is 0 Å². The number of nitrogens with zero attached hydrogens (tertiary/aromatic N) is 1. The highest BCUT2D eigenvalue weighted by Gasteiger charge is 2.26. The van der Waals surface area contributed by atoms with Crippen LogP contribution in [0.3, 0.4) is 0 Å². The second-order valence-electron chi connectivity index (χ2n) is 6.36.